The highest BCUT2D eigenvalue weighted by atomic mass is 16.5. The fourth-order valence-electron chi connectivity index (χ4n) is 4.39. The minimum atomic E-state index is -0.413. The van der Waals surface area contributed by atoms with Crippen LogP contribution in [-0.4, -0.2) is 35.3 Å². The van der Waals surface area contributed by atoms with Crippen LogP contribution in [0.25, 0.3) is 11.0 Å². The predicted molar refractivity (Wildman–Crippen MR) is 133 cm³/mol. The van der Waals surface area contributed by atoms with Crippen LogP contribution in [0, 0.1) is 0 Å². The first-order valence-electron chi connectivity index (χ1n) is 12.2. The van der Waals surface area contributed by atoms with Crippen LogP contribution in [0.1, 0.15) is 58.6 Å². The van der Waals surface area contributed by atoms with Crippen molar-refractivity contribution in [3.63, 3.8) is 0 Å². The lowest BCUT2D eigenvalue weighted by atomic mass is 9.93. The van der Waals surface area contributed by atoms with Gasteiger partial charge in [-0.1, -0.05) is 38.5 Å². The Morgan fingerprint density at radius 1 is 1.00 bits per heavy atom. The maximum absolute atomic E-state index is 13.3. The molecule has 34 heavy (non-hydrogen) atoms. The van der Waals surface area contributed by atoms with Gasteiger partial charge in [-0.05, 0) is 56.5 Å². The van der Waals surface area contributed by atoms with Crippen molar-refractivity contribution in [2.45, 2.75) is 53.0 Å². The van der Waals surface area contributed by atoms with Gasteiger partial charge < -0.3 is 19.5 Å². The van der Waals surface area contributed by atoms with Crippen LogP contribution in [0.3, 0.4) is 0 Å². The number of nitrogens with one attached hydrogen (secondary N) is 1. The number of benzene rings is 2. The van der Waals surface area contributed by atoms with Gasteiger partial charge in [-0.15, -0.1) is 0 Å². The Morgan fingerprint density at radius 2 is 1.82 bits per heavy atom. The van der Waals surface area contributed by atoms with Crippen LogP contribution in [-0.2, 0) is 9.53 Å². The first-order chi connectivity index (χ1) is 16.6. The second-order valence-electron chi connectivity index (χ2n) is 8.17. The summed E-state index contributed by atoms with van der Waals surface area (Å²) in [5.74, 6) is 1.76. The number of rotatable bonds is 10. The van der Waals surface area contributed by atoms with Crippen LogP contribution < -0.4 is 14.8 Å². The van der Waals surface area contributed by atoms with Crippen molar-refractivity contribution in [1.29, 1.82) is 0 Å². The summed E-state index contributed by atoms with van der Waals surface area (Å²) >= 11 is 0. The molecule has 7 heteroatoms. The average molecular weight is 464 g/mol. The molecular formula is C27H33N3O4. The van der Waals surface area contributed by atoms with Gasteiger partial charge >= 0.3 is 5.97 Å². The number of hydrogen-bond acceptors (Lipinski definition) is 6. The highest BCUT2D eigenvalue weighted by Crippen LogP contribution is 2.42. The number of esters is 1. The van der Waals surface area contributed by atoms with E-state index < -0.39 is 6.04 Å². The molecule has 0 bridgehead atoms. The summed E-state index contributed by atoms with van der Waals surface area (Å²) < 4.78 is 19.5. The summed E-state index contributed by atoms with van der Waals surface area (Å²) in [6, 6.07) is 13.5. The standard InChI is InChI=1S/C27H33N3O4/c1-5-11-20-24(26(31)33-8-4)25(30-21-13-10-9-12-19(21)28-27(30)29-20)18-14-15-22(34-16-6-2)23(17-18)32-7-3/h9-10,12-15,17,25H,5-8,11,16H2,1-4H3,(H,28,29)/t25-/m1/s1. The van der Waals surface area contributed by atoms with Gasteiger partial charge in [-0.2, -0.15) is 0 Å². The lowest BCUT2D eigenvalue weighted by Crippen LogP contribution is -2.29. The SMILES string of the molecule is CCCOc1ccc([C@@H]2C(C(=O)OCC)=C(CCC)Nc3nc4ccccc4n32)cc1OCC. The van der Waals surface area contributed by atoms with E-state index >= 15 is 0 Å². The zero-order valence-corrected chi connectivity index (χ0v) is 20.4. The number of allylic oxidation sites excluding steroid dienone is 1. The number of carbonyl (C=O) groups excluding carboxylic acids is 1. The summed E-state index contributed by atoms with van der Waals surface area (Å²) in [5.41, 5.74) is 4.16. The predicted octanol–water partition coefficient (Wildman–Crippen LogP) is 5.86. The number of aromatic nitrogens is 2. The quantitative estimate of drug-likeness (QED) is 0.380. The number of carbonyl (C=O) groups is 1. The lowest BCUT2D eigenvalue weighted by molar-refractivity contribution is -0.139. The molecule has 2 aromatic carbocycles. The van der Waals surface area contributed by atoms with E-state index in [-0.39, 0.29) is 5.97 Å². The summed E-state index contributed by atoms with van der Waals surface area (Å²) in [4.78, 5) is 18.2. The molecular weight excluding hydrogens is 430 g/mol. The van der Waals surface area contributed by atoms with Crippen LogP contribution in [0.2, 0.25) is 0 Å². The Labute approximate surface area is 200 Å². The highest BCUT2D eigenvalue weighted by Gasteiger charge is 2.36. The van der Waals surface area contributed by atoms with Crippen molar-refractivity contribution in [2.75, 3.05) is 25.1 Å². The summed E-state index contributed by atoms with van der Waals surface area (Å²) in [6.07, 6.45) is 2.50. The fraction of sp³-hybridized carbons (Fsp3) is 0.407. The molecule has 1 atom stereocenters. The third-order valence-corrected chi connectivity index (χ3v) is 5.76. The molecule has 0 fully saturated rings. The maximum atomic E-state index is 13.3. The van der Waals surface area contributed by atoms with E-state index in [1.54, 1.807) is 0 Å². The molecule has 1 N–H and O–H groups in total. The van der Waals surface area contributed by atoms with Crippen molar-refractivity contribution >= 4 is 23.0 Å². The van der Waals surface area contributed by atoms with Gasteiger partial charge in [0.15, 0.2) is 11.5 Å². The normalized spacial score (nSPS) is 15.1. The van der Waals surface area contributed by atoms with E-state index in [4.69, 9.17) is 19.2 Å². The Balaban J connectivity index is 1.94. The van der Waals surface area contributed by atoms with Crippen molar-refractivity contribution in [3.8, 4) is 11.5 Å². The van der Waals surface area contributed by atoms with Crippen molar-refractivity contribution < 1.29 is 19.0 Å². The smallest absolute Gasteiger partial charge is 0.338 e. The number of imidazole rings is 1. The van der Waals surface area contributed by atoms with Crippen LogP contribution in [0.15, 0.2) is 53.7 Å². The maximum Gasteiger partial charge on any atom is 0.338 e. The molecule has 4 rings (SSSR count). The number of nitrogens with zero attached hydrogens (tertiary/aromatic N) is 2. The van der Waals surface area contributed by atoms with Gasteiger partial charge in [0, 0.05) is 5.70 Å². The van der Waals surface area contributed by atoms with E-state index in [1.165, 1.54) is 0 Å². The molecule has 7 nitrogen and oxygen atoms in total. The molecule has 0 aliphatic carbocycles. The fourth-order valence-corrected chi connectivity index (χ4v) is 4.39. The second kappa shape index (κ2) is 10.6. The van der Waals surface area contributed by atoms with E-state index in [1.807, 2.05) is 56.3 Å². The second-order valence-corrected chi connectivity index (χ2v) is 8.17. The number of fused-ring (bicyclic) bond motifs is 3. The van der Waals surface area contributed by atoms with Crippen molar-refractivity contribution in [2.24, 2.45) is 0 Å². The van der Waals surface area contributed by atoms with E-state index in [2.05, 4.69) is 23.7 Å². The first-order valence-corrected chi connectivity index (χ1v) is 12.2. The molecule has 2 heterocycles. The van der Waals surface area contributed by atoms with Gasteiger partial charge in [0.05, 0.1) is 42.5 Å². The number of anilines is 1. The van der Waals surface area contributed by atoms with Crippen molar-refractivity contribution in [3.05, 3.63) is 59.3 Å². The van der Waals surface area contributed by atoms with E-state index in [0.717, 1.165) is 35.1 Å². The molecule has 0 saturated heterocycles. The number of hydrogen-bond donors (Lipinski definition) is 1. The van der Waals surface area contributed by atoms with Crippen LogP contribution >= 0.6 is 0 Å². The monoisotopic (exact) mass is 463 g/mol. The number of para-hydroxylation sites is 2. The Hall–Kier alpha value is -3.48. The largest absolute Gasteiger partial charge is 0.490 e. The molecule has 1 aliphatic rings. The van der Waals surface area contributed by atoms with Gasteiger partial charge in [0.1, 0.15) is 0 Å². The third kappa shape index (κ3) is 4.47. The molecule has 0 radical (unpaired) electrons. The molecule has 1 aliphatic heterocycles. The number of ether oxygens (including phenoxy) is 3. The van der Waals surface area contributed by atoms with Crippen LogP contribution in [0.4, 0.5) is 5.95 Å². The summed E-state index contributed by atoms with van der Waals surface area (Å²) in [7, 11) is 0. The van der Waals surface area contributed by atoms with Crippen molar-refractivity contribution in [1.82, 2.24) is 9.55 Å². The average Bonchev–Trinajstić information content (AvgIpc) is 3.21. The highest BCUT2D eigenvalue weighted by molar-refractivity contribution is 5.94. The zero-order valence-electron chi connectivity index (χ0n) is 20.4. The topological polar surface area (TPSA) is 74.6 Å². The summed E-state index contributed by atoms with van der Waals surface area (Å²) in [6.45, 7) is 9.37. The summed E-state index contributed by atoms with van der Waals surface area (Å²) in [5, 5.41) is 3.43. The minimum absolute atomic E-state index is 0.306. The molecule has 3 aromatic rings. The van der Waals surface area contributed by atoms with E-state index in [0.29, 0.717) is 49.3 Å². The van der Waals surface area contributed by atoms with Crippen LogP contribution in [0.5, 0.6) is 11.5 Å². The Morgan fingerprint density at radius 3 is 2.56 bits per heavy atom. The van der Waals surface area contributed by atoms with Gasteiger partial charge in [-0.25, -0.2) is 9.78 Å². The van der Waals surface area contributed by atoms with Gasteiger partial charge in [0.25, 0.3) is 0 Å². The molecule has 0 saturated carbocycles. The minimum Gasteiger partial charge on any atom is -0.490 e. The van der Waals surface area contributed by atoms with Gasteiger partial charge in [0.2, 0.25) is 5.95 Å². The van der Waals surface area contributed by atoms with E-state index in [9.17, 15) is 4.79 Å². The Kier molecular flexibility index (Phi) is 7.40. The molecule has 180 valence electrons. The Bertz CT molecular complexity index is 1200. The molecule has 1 aromatic heterocycles. The first kappa shape index (κ1) is 23.7. The molecule has 0 spiro atoms. The third-order valence-electron chi connectivity index (χ3n) is 5.76. The molecule has 0 unspecified atom stereocenters. The zero-order chi connectivity index (χ0) is 24.1. The molecule has 0 amide bonds. The van der Waals surface area contributed by atoms with Gasteiger partial charge in [-0.3, -0.25) is 4.57 Å². The lowest BCUT2D eigenvalue weighted by Gasteiger charge is -2.31.